The minimum absolute atomic E-state index is 0. The lowest BCUT2D eigenvalue weighted by Gasteiger charge is -2.23. The van der Waals surface area contributed by atoms with Crippen LogP contribution in [0, 0.1) is 11.6 Å². The van der Waals surface area contributed by atoms with Crippen LogP contribution in [0.15, 0.2) is 30.6 Å². The minimum Gasteiger partial charge on any atom is -0.340 e. The third-order valence-electron chi connectivity index (χ3n) is 3.39. The van der Waals surface area contributed by atoms with Gasteiger partial charge in [0.05, 0.1) is 6.20 Å². The van der Waals surface area contributed by atoms with Gasteiger partial charge in [-0.05, 0) is 13.1 Å². The molecule has 1 N–H and O–H groups in total. The molecule has 0 bridgehead atoms. The van der Waals surface area contributed by atoms with Crippen LogP contribution < -0.4 is 5.32 Å². The summed E-state index contributed by atoms with van der Waals surface area (Å²) in [5.41, 5.74) is 0.986. The quantitative estimate of drug-likeness (QED) is 0.903. The van der Waals surface area contributed by atoms with E-state index < -0.39 is 17.7 Å². The van der Waals surface area contributed by atoms with Crippen molar-refractivity contribution in [2.75, 3.05) is 14.1 Å². The van der Waals surface area contributed by atoms with Crippen LogP contribution >= 0.6 is 12.4 Å². The van der Waals surface area contributed by atoms with Crippen molar-refractivity contribution < 1.29 is 13.6 Å². The van der Waals surface area contributed by atoms with Gasteiger partial charge in [-0.2, -0.15) is 5.10 Å². The summed E-state index contributed by atoms with van der Waals surface area (Å²) < 4.78 is 28.2. The molecule has 23 heavy (non-hydrogen) atoms. The summed E-state index contributed by atoms with van der Waals surface area (Å²) in [4.78, 5) is 13.9. The molecule has 0 saturated carbocycles. The van der Waals surface area contributed by atoms with Crippen LogP contribution in [0.25, 0.3) is 0 Å². The van der Waals surface area contributed by atoms with Gasteiger partial charge in [-0.25, -0.2) is 8.78 Å². The molecule has 0 aliphatic rings. The SMILES string of the molecule is CNC(C(=O)N(C)Cc1ccc(F)cc1F)c1cnn(C)c1.Cl. The predicted octanol–water partition coefficient (Wildman–Crippen LogP) is 2.04. The number of hydrogen-bond donors (Lipinski definition) is 1. The van der Waals surface area contributed by atoms with Gasteiger partial charge < -0.3 is 10.2 Å². The zero-order chi connectivity index (χ0) is 16.3. The van der Waals surface area contributed by atoms with Crippen LogP contribution in [0.3, 0.4) is 0 Å². The highest BCUT2D eigenvalue weighted by Crippen LogP contribution is 2.17. The molecular weight excluding hydrogens is 326 g/mol. The minimum atomic E-state index is -0.665. The maximum atomic E-state index is 13.7. The van der Waals surface area contributed by atoms with E-state index >= 15 is 0 Å². The van der Waals surface area contributed by atoms with E-state index in [4.69, 9.17) is 0 Å². The van der Waals surface area contributed by atoms with E-state index in [1.165, 1.54) is 17.0 Å². The van der Waals surface area contributed by atoms with Gasteiger partial charge in [0, 0.05) is 44.0 Å². The summed E-state index contributed by atoms with van der Waals surface area (Å²) in [5, 5.41) is 6.96. The molecule has 0 aliphatic carbocycles. The monoisotopic (exact) mass is 344 g/mol. The Hall–Kier alpha value is -1.99. The van der Waals surface area contributed by atoms with Crippen molar-refractivity contribution in [3.8, 4) is 0 Å². The molecule has 8 heteroatoms. The standard InChI is InChI=1S/C15H18F2N4O.ClH/c1-18-14(11-7-19-21(3)9-11)15(22)20(2)8-10-4-5-12(16)6-13(10)17;/h4-7,9,14,18H,8H2,1-3H3;1H. The number of benzene rings is 1. The first-order valence-corrected chi connectivity index (χ1v) is 6.77. The molecule has 0 spiro atoms. The van der Waals surface area contributed by atoms with Gasteiger partial charge >= 0.3 is 0 Å². The fourth-order valence-corrected chi connectivity index (χ4v) is 2.23. The first kappa shape index (κ1) is 19.1. The summed E-state index contributed by atoms with van der Waals surface area (Å²) in [5.74, 6) is -1.53. The Bertz CT molecular complexity index is 677. The maximum absolute atomic E-state index is 13.7. The number of likely N-dealkylation sites (N-methyl/N-ethyl adjacent to an activating group) is 2. The van der Waals surface area contributed by atoms with Gasteiger partial charge in [0.15, 0.2) is 0 Å². The van der Waals surface area contributed by atoms with Crippen molar-refractivity contribution in [3.05, 3.63) is 53.4 Å². The highest BCUT2D eigenvalue weighted by Gasteiger charge is 2.24. The van der Waals surface area contributed by atoms with Crippen LogP contribution in [0.2, 0.25) is 0 Å². The van der Waals surface area contributed by atoms with Crippen molar-refractivity contribution in [2.45, 2.75) is 12.6 Å². The highest BCUT2D eigenvalue weighted by atomic mass is 35.5. The highest BCUT2D eigenvalue weighted by molar-refractivity contribution is 5.85. The molecule has 1 amide bonds. The molecule has 5 nitrogen and oxygen atoms in total. The Morgan fingerprint density at radius 2 is 2.13 bits per heavy atom. The van der Waals surface area contributed by atoms with E-state index in [1.54, 1.807) is 38.2 Å². The number of carbonyl (C=O) groups excluding carboxylic acids is 1. The van der Waals surface area contributed by atoms with Gasteiger partial charge in [-0.15, -0.1) is 12.4 Å². The normalized spacial score (nSPS) is 11.7. The van der Waals surface area contributed by atoms with Gasteiger partial charge in [0.25, 0.3) is 0 Å². The number of nitrogens with one attached hydrogen (secondary N) is 1. The number of rotatable bonds is 5. The molecule has 1 unspecified atom stereocenters. The molecular formula is C15H19ClF2N4O. The van der Waals surface area contributed by atoms with Crippen molar-refractivity contribution in [3.63, 3.8) is 0 Å². The lowest BCUT2D eigenvalue weighted by Crippen LogP contribution is -2.37. The average Bonchev–Trinajstić information content (AvgIpc) is 2.89. The summed E-state index contributed by atoms with van der Waals surface area (Å²) in [6.45, 7) is 0.0589. The number of carbonyl (C=O) groups is 1. The predicted molar refractivity (Wildman–Crippen MR) is 85.1 cm³/mol. The second-order valence-electron chi connectivity index (χ2n) is 5.10. The number of hydrogen-bond acceptors (Lipinski definition) is 3. The second-order valence-corrected chi connectivity index (χ2v) is 5.10. The lowest BCUT2D eigenvalue weighted by atomic mass is 10.1. The third-order valence-corrected chi connectivity index (χ3v) is 3.39. The molecule has 0 saturated heterocycles. The van der Waals surface area contributed by atoms with E-state index in [-0.39, 0.29) is 30.4 Å². The Kier molecular flexibility index (Phi) is 6.65. The molecule has 1 atom stereocenters. The van der Waals surface area contributed by atoms with E-state index in [9.17, 15) is 13.6 Å². The Balaban J connectivity index is 0.00000264. The van der Waals surface area contributed by atoms with Crippen LogP contribution in [0.5, 0.6) is 0 Å². The first-order valence-electron chi connectivity index (χ1n) is 6.77. The summed E-state index contributed by atoms with van der Waals surface area (Å²) in [6, 6.07) is 2.76. The van der Waals surface area contributed by atoms with Crippen molar-refractivity contribution >= 4 is 18.3 Å². The fraction of sp³-hybridized carbons (Fsp3) is 0.333. The van der Waals surface area contributed by atoms with Crippen LogP contribution in [0.4, 0.5) is 8.78 Å². The molecule has 0 aliphatic heterocycles. The molecule has 2 aromatic rings. The average molecular weight is 345 g/mol. The van der Waals surface area contributed by atoms with E-state index in [0.717, 1.165) is 11.6 Å². The molecule has 1 aromatic carbocycles. The largest absolute Gasteiger partial charge is 0.340 e. The summed E-state index contributed by atoms with van der Waals surface area (Å²) in [7, 11) is 5.01. The second kappa shape index (κ2) is 8.03. The molecule has 0 fully saturated rings. The number of halogens is 3. The van der Waals surface area contributed by atoms with Crippen molar-refractivity contribution in [1.82, 2.24) is 20.0 Å². The van der Waals surface area contributed by atoms with Gasteiger partial charge in [0.2, 0.25) is 5.91 Å². The van der Waals surface area contributed by atoms with Gasteiger partial charge in [0.1, 0.15) is 17.7 Å². The lowest BCUT2D eigenvalue weighted by molar-refractivity contribution is -0.132. The first-order chi connectivity index (χ1) is 10.4. The van der Waals surface area contributed by atoms with E-state index in [1.807, 2.05) is 0 Å². The Morgan fingerprint density at radius 3 is 2.65 bits per heavy atom. The smallest absolute Gasteiger partial charge is 0.244 e. The van der Waals surface area contributed by atoms with Crippen molar-refractivity contribution in [2.24, 2.45) is 7.05 Å². The summed E-state index contributed by atoms with van der Waals surface area (Å²) >= 11 is 0. The zero-order valence-electron chi connectivity index (χ0n) is 13.1. The third kappa shape index (κ3) is 4.49. The molecule has 1 aromatic heterocycles. The zero-order valence-corrected chi connectivity index (χ0v) is 13.9. The topological polar surface area (TPSA) is 50.2 Å². The van der Waals surface area contributed by atoms with Gasteiger partial charge in [-0.1, -0.05) is 6.07 Å². The molecule has 2 rings (SSSR count). The summed E-state index contributed by atoms with van der Waals surface area (Å²) in [6.07, 6.45) is 3.34. The number of amides is 1. The molecule has 126 valence electrons. The van der Waals surface area contributed by atoms with Gasteiger partial charge in [-0.3, -0.25) is 9.48 Å². The van der Waals surface area contributed by atoms with E-state index in [2.05, 4.69) is 10.4 Å². The van der Waals surface area contributed by atoms with Crippen LogP contribution in [-0.2, 0) is 18.4 Å². The maximum Gasteiger partial charge on any atom is 0.244 e. The van der Waals surface area contributed by atoms with Crippen LogP contribution in [0.1, 0.15) is 17.2 Å². The molecule has 0 radical (unpaired) electrons. The van der Waals surface area contributed by atoms with Crippen molar-refractivity contribution in [1.29, 1.82) is 0 Å². The number of aromatic nitrogens is 2. The Labute approximate surface area is 139 Å². The number of nitrogens with zero attached hydrogens (tertiary/aromatic N) is 3. The Morgan fingerprint density at radius 1 is 1.43 bits per heavy atom. The van der Waals surface area contributed by atoms with Crippen LogP contribution in [-0.4, -0.2) is 34.7 Å². The molecule has 1 heterocycles. The van der Waals surface area contributed by atoms with E-state index in [0.29, 0.717) is 0 Å². The fourth-order valence-electron chi connectivity index (χ4n) is 2.23. The number of aryl methyl sites for hydroxylation is 1.